The molecule has 25 heavy (non-hydrogen) atoms. The van der Waals surface area contributed by atoms with Crippen molar-refractivity contribution in [3.05, 3.63) is 35.5 Å². The highest BCUT2D eigenvalue weighted by molar-refractivity contribution is 7.89. The van der Waals surface area contributed by atoms with Gasteiger partial charge in [0.05, 0.1) is 35.0 Å². The number of anilines is 2. The molecule has 1 aromatic carbocycles. The molecule has 0 unspecified atom stereocenters. The number of halogens is 1. The number of aromatic nitrogens is 1. The fourth-order valence-corrected chi connectivity index (χ4v) is 3.84. The van der Waals surface area contributed by atoms with E-state index in [4.69, 9.17) is 20.9 Å². The van der Waals surface area contributed by atoms with Gasteiger partial charge < -0.3 is 14.6 Å². The quantitative estimate of drug-likeness (QED) is 0.830. The average molecular weight is 387 g/mol. The van der Waals surface area contributed by atoms with Crippen molar-refractivity contribution in [1.29, 1.82) is 0 Å². The number of rotatable bonds is 4. The average Bonchev–Trinajstić information content (AvgIpc) is 3.10. The van der Waals surface area contributed by atoms with E-state index in [-0.39, 0.29) is 34.6 Å². The molecule has 9 nitrogen and oxygen atoms in total. The Balaban J connectivity index is 1.79. The van der Waals surface area contributed by atoms with E-state index < -0.39 is 16.1 Å². The maximum atomic E-state index is 12.7. The van der Waals surface area contributed by atoms with Crippen molar-refractivity contribution in [2.24, 2.45) is 0 Å². The van der Waals surface area contributed by atoms with Crippen molar-refractivity contribution < 1.29 is 22.5 Å². The zero-order valence-corrected chi connectivity index (χ0v) is 14.5. The third-order valence-electron chi connectivity index (χ3n) is 3.47. The van der Waals surface area contributed by atoms with Crippen LogP contribution in [0.1, 0.15) is 0 Å². The van der Waals surface area contributed by atoms with Crippen LogP contribution in [0.15, 0.2) is 39.9 Å². The van der Waals surface area contributed by atoms with Gasteiger partial charge in [-0.25, -0.2) is 13.2 Å². The molecule has 2 heterocycles. The largest absolute Gasteiger partial charge is 0.379 e. The van der Waals surface area contributed by atoms with E-state index in [1.54, 1.807) is 0 Å². The lowest BCUT2D eigenvalue weighted by atomic mass is 10.3. The van der Waals surface area contributed by atoms with Crippen molar-refractivity contribution in [2.45, 2.75) is 4.90 Å². The highest BCUT2D eigenvalue weighted by Gasteiger charge is 2.27. The molecule has 2 aromatic rings. The van der Waals surface area contributed by atoms with Gasteiger partial charge >= 0.3 is 6.03 Å². The second-order valence-corrected chi connectivity index (χ2v) is 7.46. The van der Waals surface area contributed by atoms with Crippen molar-refractivity contribution in [2.75, 3.05) is 36.9 Å². The Labute approximate surface area is 148 Å². The molecule has 1 aromatic heterocycles. The van der Waals surface area contributed by atoms with Gasteiger partial charge in [-0.3, -0.25) is 5.32 Å². The summed E-state index contributed by atoms with van der Waals surface area (Å²) in [7, 11) is -3.69. The second kappa shape index (κ2) is 7.40. The summed E-state index contributed by atoms with van der Waals surface area (Å²) in [6, 6.07) is 4.94. The van der Waals surface area contributed by atoms with Crippen LogP contribution in [0.5, 0.6) is 0 Å². The van der Waals surface area contributed by atoms with E-state index in [0.717, 1.165) is 0 Å². The van der Waals surface area contributed by atoms with E-state index in [0.29, 0.717) is 13.2 Å². The SMILES string of the molecule is O=C(Nc1ccno1)Nc1cc(S(=O)(=O)N2CCOCC2)ccc1Cl. The molecular weight excluding hydrogens is 372 g/mol. The van der Waals surface area contributed by atoms with Gasteiger partial charge in [-0.2, -0.15) is 4.31 Å². The first kappa shape index (κ1) is 17.7. The Morgan fingerprint density at radius 3 is 2.64 bits per heavy atom. The minimum atomic E-state index is -3.69. The lowest BCUT2D eigenvalue weighted by Gasteiger charge is -2.26. The number of carbonyl (C=O) groups excluding carboxylic acids is 1. The summed E-state index contributed by atoms with van der Waals surface area (Å²) in [6.07, 6.45) is 1.37. The van der Waals surface area contributed by atoms with Crippen LogP contribution in [0.4, 0.5) is 16.4 Å². The second-order valence-electron chi connectivity index (χ2n) is 5.11. The molecule has 0 aliphatic carbocycles. The number of benzene rings is 1. The Morgan fingerprint density at radius 1 is 1.20 bits per heavy atom. The molecular formula is C14H15ClN4O5S. The van der Waals surface area contributed by atoms with Gasteiger partial charge in [-0.1, -0.05) is 16.8 Å². The Kier molecular flexibility index (Phi) is 5.23. The molecule has 0 spiro atoms. The number of sulfonamides is 1. The molecule has 2 amide bonds. The van der Waals surface area contributed by atoms with Crippen LogP contribution in [-0.4, -0.2) is 50.2 Å². The fraction of sp³-hybridized carbons (Fsp3) is 0.286. The smallest absolute Gasteiger partial charge is 0.326 e. The van der Waals surface area contributed by atoms with E-state index >= 15 is 0 Å². The fourth-order valence-electron chi connectivity index (χ4n) is 2.24. The number of nitrogens with zero attached hydrogens (tertiary/aromatic N) is 2. The summed E-state index contributed by atoms with van der Waals surface area (Å²) in [4.78, 5) is 12.0. The summed E-state index contributed by atoms with van der Waals surface area (Å²) >= 11 is 6.05. The number of urea groups is 1. The van der Waals surface area contributed by atoms with Crippen LogP contribution in [-0.2, 0) is 14.8 Å². The lowest BCUT2D eigenvalue weighted by Crippen LogP contribution is -2.40. The van der Waals surface area contributed by atoms with Crippen molar-refractivity contribution >= 4 is 39.2 Å². The minimum absolute atomic E-state index is 0.0359. The normalized spacial score (nSPS) is 15.7. The third-order valence-corrected chi connectivity index (χ3v) is 5.69. The maximum absolute atomic E-state index is 12.7. The van der Waals surface area contributed by atoms with Gasteiger partial charge in [0, 0.05) is 19.2 Å². The van der Waals surface area contributed by atoms with Crippen molar-refractivity contribution in [3.63, 3.8) is 0 Å². The molecule has 11 heteroatoms. The van der Waals surface area contributed by atoms with Gasteiger partial charge in [-0.05, 0) is 18.2 Å². The molecule has 1 fully saturated rings. The predicted octanol–water partition coefficient (Wildman–Crippen LogP) is 1.99. The lowest BCUT2D eigenvalue weighted by molar-refractivity contribution is 0.0730. The summed E-state index contributed by atoms with van der Waals surface area (Å²) in [5, 5.41) is 8.55. The zero-order valence-electron chi connectivity index (χ0n) is 12.9. The highest BCUT2D eigenvalue weighted by atomic mass is 35.5. The molecule has 0 saturated carbocycles. The van der Waals surface area contributed by atoms with Gasteiger partial charge in [0.15, 0.2) is 0 Å². The summed E-state index contributed by atoms with van der Waals surface area (Å²) in [6.45, 7) is 1.24. The van der Waals surface area contributed by atoms with Crippen molar-refractivity contribution in [3.8, 4) is 0 Å². The number of hydrogen-bond acceptors (Lipinski definition) is 6. The van der Waals surface area contributed by atoms with Gasteiger partial charge in [-0.15, -0.1) is 0 Å². The standard InChI is InChI=1S/C14H15ClN4O5S/c15-11-2-1-10(25(21,22)19-5-7-23-8-6-19)9-12(11)17-14(20)18-13-3-4-16-24-13/h1-4,9H,5-8H2,(H2,17,18,20). The Morgan fingerprint density at radius 2 is 1.96 bits per heavy atom. The van der Waals surface area contributed by atoms with Crippen LogP contribution in [0, 0.1) is 0 Å². The first-order valence-corrected chi connectivity index (χ1v) is 9.15. The monoisotopic (exact) mass is 386 g/mol. The first-order chi connectivity index (χ1) is 12.0. The van der Waals surface area contributed by atoms with Crippen molar-refractivity contribution in [1.82, 2.24) is 9.46 Å². The van der Waals surface area contributed by atoms with E-state index in [1.165, 1.54) is 34.8 Å². The van der Waals surface area contributed by atoms with Crippen LogP contribution in [0.3, 0.4) is 0 Å². The summed E-state index contributed by atoms with van der Waals surface area (Å²) in [5.41, 5.74) is 0.160. The van der Waals surface area contributed by atoms with E-state index in [2.05, 4.69) is 15.8 Å². The zero-order chi connectivity index (χ0) is 17.9. The number of ether oxygens (including phenoxy) is 1. The molecule has 2 N–H and O–H groups in total. The first-order valence-electron chi connectivity index (χ1n) is 7.33. The third kappa shape index (κ3) is 4.10. The Hall–Kier alpha value is -2.14. The molecule has 1 aliphatic rings. The maximum Gasteiger partial charge on any atom is 0.326 e. The summed E-state index contributed by atoms with van der Waals surface area (Å²) in [5.74, 6) is 0.144. The number of hydrogen-bond donors (Lipinski definition) is 2. The van der Waals surface area contributed by atoms with Crippen LogP contribution in [0.2, 0.25) is 5.02 Å². The number of nitrogens with one attached hydrogen (secondary N) is 2. The Bertz CT molecular complexity index is 850. The van der Waals surface area contributed by atoms with Crippen LogP contribution < -0.4 is 10.6 Å². The highest BCUT2D eigenvalue weighted by Crippen LogP contribution is 2.27. The van der Waals surface area contributed by atoms with E-state index in [1.807, 2.05) is 0 Å². The number of amides is 2. The van der Waals surface area contributed by atoms with Gasteiger partial charge in [0.25, 0.3) is 0 Å². The molecule has 0 radical (unpaired) electrons. The molecule has 0 bridgehead atoms. The summed E-state index contributed by atoms with van der Waals surface area (Å²) < 4.78 is 36.6. The molecule has 134 valence electrons. The van der Waals surface area contributed by atoms with Crippen LogP contribution in [0.25, 0.3) is 0 Å². The number of morpholine rings is 1. The minimum Gasteiger partial charge on any atom is -0.379 e. The van der Waals surface area contributed by atoms with Gasteiger partial charge in [0.2, 0.25) is 15.9 Å². The predicted molar refractivity (Wildman–Crippen MR) is 90.2 cm³/mol. The topological polar surface area (TPSA) is 114 Å². The van der Waals surface area contributed by atoms with Gasteiger partial charge in [0.1, 0.15) is 0 Å². The number of carbonyl (C=O) groups is 1. The molecule has 3 rings (SSSR count). The molecule has 0 atom stereocenters. The molecule has 1 aliphatic heterocycles. The van der Waals surface area contributed by atoms with Crippen LogP contribution >= 0.6 is 11.6 Å². The molecule has 1 saturated heterocycles. The van der Waals surface area contributed by atoms with E-state index in [9.17, 15) is 13.2 Å².